The van der Waals surface area contributed by atoms with Gasteiger partial charge in [-0.1, -0.05) is 0 Å². The summed E-state index contributed by atoms with van der Waals surface area (Å²) in [6, 6.07) is -0.104. The Kier molecular flexibility index (Phi) is 2.78. The van der Waals surface area contributed by atoms with E-state index in [4.69, 9.17) is 4.74 Å². The first kappa shape index (κ1) is 12.2. The summed E-state index contributed by atoms with van der Waals surface area (Å²) >= 11 is 0. The van der Waals surface area contributed by atoms with Gasteiger partial charge in [-0.3, -0.25) is 0 Å². The highest BCUT2D eigenvalue weighted by Crippen LogP contribution is 2.44. The minimum absolute atomic E-state index is 0.0948. The lowest BCUT2D eigenvalue weighted by molar-refractivity contribution is 0.152. The predicted octanol–water partition coefficient (Wildman–Crippen LogP) is -0.540. The van der Waals surface area contributed by atoms with Gasteiger partial charge in [0.25, 0.3) is 0 Å². The molecule has 0 aromatic carbocycles. The highest BCUT2D eigenvalue weighted by molar-refractivity contribution is 7.91. The molecule has 6 nitrogen and oxygen atoms in total. The fourth-order valence-electron chi connectivity index (χ4n) is 2.94. The highest BCUT2D eigenvalue weighted by atomic mass is 32.2. The average molecular weight is 274 g/mol. The third kappa shape index (κ3) is 2.09. The van der Waals surface area contributed by atoms with E-state index in [2.05, 4.69) is 5.32 Å². The van der Waals surface area contributed by atoms with Crippen LogP contribution in [0.1, 0.15) is 6.42 Å². The van der Waals surface area contributed by atoms with Crippen molar-refractivity contribution in [3.05, 3.63) is 0 Å². The van der Waals surface area contributed by atoms with Crippen LogP contribution in [0.3, 0.4) is 0 Å². The monoisotopic (exact) mass is 274 g/mol. The van der Waals surface area contributed by atoms with Crippen LogP contribution in [0.5, 0.6) is 0 Å². The molecule has 1 N–H and O–H groups in total. The van der Waals surface area contributed by atoms with Crippen LogP contribution in [0, 0.1) is 11.8 Å². The summed E-state index contributed by atoms with van der Waals surface area (Å²) in [5.41, 5.74) is 0. The molecule has 1 saturated carbocycles. The van der Waals surface area contributed by atoms with Crippen LogP contribution in [0.4, 0.5) is 4.79 Å². The molecule has 0 spiro atoms. The minimum Gasteiger partial charge on any atom is -0.381 e. The first-order valence-electron chi connectivity index (χ1n) is 6.29. The summed E-state index contributed by atoms with van der Waals surface area (Å²) in [6.45, 7) is 1.47. The summed E-state index contributed by atoms with van der Waals surface area (Å²) in [6.07, 6.45) is 0.549. The van der Waals surface area contributed by atoms with Gasteiger partial charge < -0.3 is 15.0 Å². The van der Waals surface area contributed by atoms with E-state index < -0.39 is 9.84 Å². The van der Waals surface area contributed by atoms with E-state index in [9.17, 15) is 13.2 Å². The van der Waals surface area contributed by atoms with Crippen LogP contribution in [0.15, 0.2) is 0 Å². The number of urea groups is 1. The third-order valence-electron chi connectivity index (χ3n) is 4.32. The number of rotatable bonds is 2. The molecule has 0 aromatic heterocycles. The molecule has 2 aliphatic heterocycles. The summed E-state index contributed by atoms with van der Waals surface area (Å²) in [4.78, 5) is 13.5. The Morgan fingerprint density at radius 1 is 1.33 bits per heavy atom. The third-order valence-corrected chi connectivity index (χ3v) is 6.07. The lowest BCUT2D eigenvalue weighted by atomic mass is 10.2. The van der Waals surface area contributed by atoms with Crippen molar-refractivity contribution in [2.75, 3.05) is 31.8 Å². The lowest BCUT2D eigenvalue weighted by Crippen LogP contribution is -2.46. The largest absolute Gasteiger partial charge is 0.381 e. The van der Waals surface area contributed by atoms with Gasteiger partial charge in [-0.25, -0.2) is 13.2 Å². The van der Waals surface area contributed by atoms with Crippen molar-refractivity contribution in [1.29, 1.82) is 0 Å². The van der Waals surface area contributed by atoms with E-state index in [0.717, 1.165) is 13.2 Å². The Morgan fingerprint density at radius 3 is 2.56 bits per heavy atom. The number of carbonyl (C=O) groups excluding carboxylic acids is 1. The number of amides is 2. The van der Waals surface area contributed by atoms with Crippen LogP contribution < -0.4 is 5.32 Å². The topological polar surface area (TPSA) is 75.7 Å². The average Bonchev–Trinajstić information content (AvgIpc) is 2.72. The van der Waals surface area contributed by atoms with Crippen LogP contribution in [0.25, 0.3) is 0 Å². The van der Waals surface area contributed by atoms with Gasteiger partial charge in [-0.15, -0.1) is 0 Å². The SMILES string of the molecule is CN(C(=O)NC1[C@H]2COC[C@@H]12)C1CCS(=O)(=O)C1. The van der Waals surface area contributed by atoms with Crippen molar-refractivity contribution in [2.45, 2.75) is 18.5 Å². The molecule has 7 heteroatoms. The fraction of sp³-hybridized carbons (Fsp3) is 0.909. The molecule has 0 bridgehead atoms. The zero-order valence-electron chi connectivity index (χ0n) is 10.3. The Labute approximate surface area is 107 Å². The quantitative estimate of drug-likeness (QED) is 0.734. The van der Waals surface area contributed by atoms with Gasteiger partial charge in [0, 0.05) is 31.0 Å². The number of nitrogens with one attached hydrogen (secondary N) is 1. The molecule has 102 valence electrons. The van der Waals surface area contributed by atoms with Gasteiger partial charge in [-0.05, 0) is 6.42 Å². The Balaban J connectivity index is 1.53. The van der Waals surface area contributed by atoms with Gasteiger partial charge >= 0.3 is 6.03 Å². The molecule has 3 rings (SSSR count). The predicted molar refractivity (Wildman–Crippen MR) is 64.9 cm³/mol. The first-order valence-corrected chi connectivity index (χ1v) is 8.11. The van der Waals surface area contributed by atoms with Crippen LogP contribution in [0.2, 0.25) is 0 Å². The van der Waals surface area contributed by atoms with E-state index in [1.54, 1.807) is 11.9 Å². The van der Waals surface area contributed by atoms with Crippen molar-refractivity contribution in [3.63, 3.8) is 0 Å². The number of sulfone groups is 1. The van der Waals surface area contributed by atoms with Crippen molar-refractivity contribution in [2.24, 2.45) is 11.8 Å². The van der Waals surface area contributed by atoms with Crippen LogP contribution in [-0.2, 0) is 14.6 Å². The molecule has 3 aliphatic rings. The molecular weight excluding hydrogens is 256 g/mol. The normalized spacial score (nSPS) is 40.3. The zero-order valence-corrected chi connectivity index (χ0v) is 11.1. The molecule has 2 unspecified atom stereocenters. The van der Waals surface area contributed by atoms with Crippen molar-refractivity contribution in [1.82, 2.24) is 10.2 Å². The van der Waals surface area contributed by atoms with Crippen molar-refractivity contribution < 1.29 is 17.9 Å². The second kappa shape index (κ2) is 4.09. The highest BCUT2D eigenvalue weighted by Gasteiger charge is 2.55. The first-order chi connectivity index (χ1) is 8.48. The minimum atomic E-state index is -2.94. The van der Waals surface area contributed by atoms with E-state index in [1.807, 2.05) is 0 Å². The number of hydrogen-bond acceptors (Lipinski definition) is 4. The van der Waals surface area contributed by atoms with Gasteiger partial charge in [0.1, 0.15) is 0 Å². The summed E-state index contributed by atoms with van der Waals surface area (Å²) in [5.74, 6) is 1.22. The number of ether oxygens (including phenoxy) is 1. The molecule has 18 heavy (non-hydrogen) atoms. The Morgan fingerprint density at radius 2 is 2.00 bits per heavy atom. The van der Waals surface area contributed by atoms with E-state index in [1.165, 1.54) is 0 Å². The fourth-order valence-corrected chi connectivity index (χ4v) is 4.72. The molecule has 2 heterocycles. The number of carbonyl (C=O) groups is 1. The second-order valence-electron chi connectivity index (χ2n) is 5.51. The zero-order chi connectivity index (χ0) is 12.9. The smallest absolute Gasteiger partial charge is 0.317 e. The molecule has 0 radical (unpaired) electrons. The van der Waals surface area contributed by atoms with Crippen molar-refractivity contribution >= 4 is 15.9 Å². The Hall–Kier alpha value is -0.820. The van der Waals surface area contributed by atoms with Gasteiger partial charge in [0.2, 0.25) is 0 Å². The standard InChI is InChI=1S/C11H18N2O4S/c1-13(7-2-3-18(15,16)6-7)11(14)12-10-8-4-17-5-9(8)10/h7-10H,2-6H2,1H3,(H,12,14)/t7?,8-,9+,10?. The van der Waals surface area contributed by atoms with E-state index >= 15 is 0 Å². The number of fused-ring (bicyclic) bond motifs is 1. The van der Waals surface area contributed by atoms with Gasteiger partial charge in [0.05, 0.1) is 24.7 Å². The maximum absolute atomic E-state index is 12.0. The van der Waals surface area contributed by atoms with Crippen LogP contribution >= 0.6 is 0 Å². The molecule has 3 fully saturated rings. The molecule has 0 aromatic rings. The van der Waals surface area contributed by atoms with Gasteiger partial charge in [0.15, 0.2) is 9.84 Å². The molecular formula is C11H18N2O4S. The lowest BCUT2D eigenvalue weighted by Gasteiger charge is -2.24. The summed E-state index contributed by atoms with van der Waals surface area (Å²) < 4.78 is 28.0. The van der Waals surface area contributed by atoms with E-state index in [-0.39, 0.29) is 29.6 Å². The molecule has 4 atom stereocenters. The Bertz CT molecular complexity index is 454. The van der Waals surface area contributed by atoms with Crippen molar-refractivity contribution in [3.8, 4) is 0 Å². The maximum Gasteiger partial charge on any atom is 0.317 e. The van der Waals surface area contributed by atoms with E-state index in [0.29, 0.717) is 18.3 Å². The number of nitrogens with zero attached hydrogens (tertiary/aromatic N) is 1. The maximum atomic E-state index is 12.0. The molecule has 1 aliphatic carbocycles. The molecule has 2 amide bonds. The number of hydrogen-bond donors (Lipinski definition) is 1. The van der Waals surface area contributed by atoms with Gasteiger partial charge in [-0.2, -0.15) is 0 Å². The second-order valence-corrected chi connectivity index (χ2v) is 7.74. The summed E-state index contributed by atoms with van der Waals surface area (Å²) in [5, 5.41) is 2.97. The summed E-state index contributed by atoms with van der Waals surface area (Å²) in [7, 11) is -1.27. The van der Waals surface area contributed by atoms with Crippen LogP contribution in [-0.4, -0.2) is 63.2 Å². The molecule has 2 saturated heterocycles.